The smallest absolute Gasteiger partial charge is 0.180 e. The summed E-state index contributed by atoms with van der Waals surface area (Å²) in [4.78, 5) is 0.329. The zero-order valence-electron chi connectivity index (χ0n) is 20.7. The van der Waals surface area contributed by atoms with Crippen molar-refractivity contribution in [2.45, 2.75) is 22.6 Å². The molecule has 0 unspecified atom stereocenters. The third-order valence-corrected chi connectivity index (χ3v) is 9.60. The Kier molecular flexibility index (Phi) is 8.23. The van der Waals surface area contributed by atoms with E-state index in [9.17, 15) is 16.8 Å². The second kappa shape index (κ2) is 11.6. The van der Waals surface area contributed by atoms with Crippen LogP contribution in [0.25, 0.3) is 0 Å². The van der Waals surface area contributed by atoms with Gasteiger partial charge in [0, 0.05) is 22.7 Å². The molecule has 6 N–H and O–H groups in total. The van der Waals surface area contributed by atoms with Crippen molar-refractivity contribution in [3.8, 4) is 0 Å². The van der Waals surface area contributed by atoms with Crippen LogP contribution in [0.5, 0.6) is 0 Å². The van der Waals surface area contributed by atoms with Gasteiger partial charge in [0.15, 0.2) is 19.7 Å². The van der Waals surface area contributed by atoms with Gasteiger partial charge in [-0.2, -0.15) is 0 Å². The molecule has 0 aliphatic heterocycles. The van der Waals surface area contributed by atoms with E-state index in [1.165, 1.54) is 0 Å². The summed E-state index contributed by atoms with van der Waals surface area (Å²) in [5.74, 6) is -0.345. The highest BCUT2D eigenvalue weighted by Gasteiger charge is 2.21. The lowest BCUT2D eigenvalue weighted by Gasteiger charge is -2.14. The molecule has 0 fully saturated rings. The van der Waals surface area contributed by atoms with Gasteiger partial charge < -0.3 is 22.1 Å². The highest BCUT2D eigenvalue weighted by atomic mass is 32.2. The molecule has 4 aromatic rings. The molecule has 0 saturated heterocycles. The molecular weight excluding hydrogens is 520 g/mol. The normalized spacial score (nSPS) is 11.7. The maximum Gasteiger partial charge on any atom is 0.180 e. The Morgan fingerprint density at radius 2 is 0.842 bits per heavy atom. The second-order valence-electron chi connectivity index (χ2n) is 8.83. The number of anilines is 6. The molecule has 4 aromatic carbocycles. The minimum absolute atomic E-state index is 0.165. The van der Waals surface area contributed by atoms with E-state index in [1.54, 1.807) is 97.1 Å². The van der Waals surface area contributed by atoms with Crippen molar-refractivity contribution in [3.63, 3.8) is 0 Å². The largest absolute Gasteiger partial charge is 0.399 e. The Balaban J connectivity index is 1.41. The van der Waals surface area contributed by atoms with Gasteiger partial charge in [0.1, 0.15) is 0 Å². The van der Waals surface area contributed by atoms with Crippen molar-refractivity contribution in [2.24, 2.45) is 0 Å². The highest BCUT2D eigenvalue weighted by Crippen LogP contribution is 2.29. The lowest BCUT2D eigenvalue weighted by atomic mass is 10.2. The maximum absolute atomic E-state index is 13.1. The van der Waals surface area contributed by atoms with Crippen molar-refractivity contribution >= 4 is 53.8 Å². The SMILES string of the molecule is Nc1ccc(Nc2ccccc2S(=O)(=O)CCCCS(=O)(=O)c2ccccc2Nc2ccc(N)cc2)cc1. The Morgan fingerprint density at radius 1 is 0.500 bits per heavy atom. The monoisotopic (exact) mass is 550 g/mol. The molecule has 0 saturated carbocycles. The minimum Gasteiger partial charge on any atom is -0.399 e. The van der Waals surface area contributed by atoms with Gasteiger partial charge in [-0.25, -0.2) is 16.8 Å². The number of nitrogen functional groups attached to an aromatic ring is 2. The predicted molar refractivity (Wildman–Crippen MR) is 154 cm³/mol. The van der Waals surface area contributed by atoms with E-state index in [4.69, 9.17) is 11.5 Å². The molecule has 10 heteroatoms. The van der Waals surface area contributed by atoms with Crippen molar-refractivity contribution < 1.29 is 16.8 Å². The molecule has 0 bridgehead atoms. The average molecular weight is 551 g/mol. The first-order chi connectivity index (χ1) is 18.1. The number of hydrogen-bond donors (Lipinski definition) is 4. The van der Waals surface area contributed by atoms with E-state index < -0.39 is 19.7 Å². The fraction of sp³-hybridized carbons (Fsp3) is 0.143. The van der Waals surface area contributed by atoms with E-state index in [1.807, 2.05) is 0 Å². The summed E-state index contributed by atoms with van der Waals surface area (Å²) in [6.45, 7) is 0. The average Bonchev–Trinajstić information content (AvgIpc) is 2.90. The van der Waals surface area contributed by atoms with E-state index in [0.29, 0.717) is 34.1 Å². The number of unbranched alkanes of at least 4 members (excludes halogenated alkanes) is 1. The van der Waals surface area contributed by atoms with Gasteiger partial charge in [-0.1, -0.05) is 24.3 Å². The van der Waals surface area contributed by atoms with Crippen LogP contribution in [-0.2, 0) is 19.7 Å². The number of nitrogens with two attached hydrogens (primary N) is 2. The van der Waals surface area contributed by atoms with Gasteiger partial charge in [0.25, 0.3) is 0 Å². The van der Waals surface area contributed by atoms with Crippen LogP contribution in [0, 0.1) is 0 Å². The zero-order valence-corrected chi connectivity index (χ0v) is 22.3. The molecule has 0 aliphatic carbocycles. The van der Waals surface area contributed by atoms with Gasteiger partial charge in [-0.05, 0) is 85.6 Å². The standard InChI is InChI=1S/C28H30N4O4S2/c29-21-11-15-23(16-12-21)31-25-7-1-3-9-27(25)37(33,34)19-5-6-20-38(35,36)28-10-4-2-8-26(28)32-24-17-13-22(30)14-18-24/h1-4,7-18,31-32H,5-6,19-20,29-30H2. The number of para-hydroxylation sites is 2. The fourth-order valence-corrected chi connectivity index (χ4v) is 7.02. The third-order valence-electron chi connectivity index (χ3n) is 5.90. The van der Waals surface area contributed by atoms with Crippen molar-refractivity contribution in [1.29, 1.82) is 0 Å². The van der Waals surface area contributed by atoms with Gasteiger partial charge in [-0.15, -0.1) is 0 Å². The Bertz CT molecular complexity index is 1480. The summed E-state index contributed by atoms with van der Waals surface area (Å²) < 4.78 is 52.6. The molecule has 0 spiro atoms. The Hall–Kier alpha value is -4.02. The summed E-state index contributed by atoms with van der Waals surface area (Å²) in [5, 5.41) is 6.25. The summed E-state index contributed by atoms with van der Waals surface area (Å²) in [7, 11) is -7.32. The number of sulfone groups is 2. The molecule has 0 heterocycles. The fourth-order valence-electron chi connectivity index (χ4n) is 3.93. The third kappa shape index (κ3) is 6.84. The second-order valence-corrected chi connectivity index (χ2v) is 13.0. The number of rotatable bonds is 11. The van der Waals surface area contributed by atoms with Crippen LogP contribution >= 0.6 is 0 Å². The molecular formula is C28H30N4O4S2. The highest BCUT2D eigenvalue weighted by molar-refractivity contribution is 7.92. The number of benzene rings is 4. The maximum atomic E-state index is 13.1. The number of hydrogen-bond acceptors (Lipinski definition) is 8. The lowest BCUT2D eigenvalue weighted by Crippen LogP contribution is -2.13. The van der Waals surface area contributed by atoms with Crippen LogP contribution in [0.15, 0.2) is 107 Å². The van der Waals surface area contributed by atoms with Gasteiger partial charge in [0.2, 0.25) is 0 Å². The van der Waals surface area contributed by atoms with Gasteiger partial charge in [0.05, 0.1) is 32.7 Å². The Labute approximate surface area is 223 Å². The van der Waals surface area contributed by atoms with Gasteiger partial charge in [-0.3, -0.25) is 0 Å². The van der Waals surface area contributed by atoms with E-state index in [-0.39, 0.29) is 34.1 Å². The summed E-state index contributed by atoms with van der Waals surface area (Å²) >= 11 is 0. The van der Waals surface area contributed by atoms with Crippen LogP contribution < -0.4 is 22.1 Å². The van der Waals surface area contributed by atoms with Crippen LogP contribution in [0.1, 0.15) is 12.8 Å². The molecule has 0 atom stereocenters. The molecule has 198 valence electrons. The summed E-state index contributed by atoms with van der Waals surface area (Å²) in [6.07, 6.45) is 0.399. The first-order valence-electron chi connectivity index (χ1n) is 12.0. The molecule has 8 nitrogen and oxygen atoms in total. The molecule has 38 heavy (non-hydrogen) atoms. The summed E-state index contributed by atoms with van der Waals surface area (Å²) in [5.41, 5.74) is 15.0. The molecule has 0 radical (unpaired) electrons. The van der Waals surface area contributed by atoms with Crippen molar-refractivity contribution in [1.82, 2.24) is 0 Å². The number of nitrogens with one attached hydrogen (secondary N) is 2. The van der Waals surface area contributed by atoms with Crippen molar-refractivity contribution in [3.05, 3.63) is 97.1 Å². The minimum atomic E-state index is -3.66. The van der Waals surface area contributed by atoms with E-state index in [0.717, 1.165) is 0 Å². The van der Waals surface area contributed by atoms with Crippen molar-refractivity contribution in [2.75, 3.05) is 33.6 Å². The predicted octanol–water partition coefficient (Wildman–Crippen LogP) is 5.37. The van der Waals surface area contributed by atoms with Crippen LogP contribution in [0.4, 0.5) is 34.1 Å². The first-order valence-corrected chi connectivity index (χ1v) is 15.3. The van der Waals surface area contributed by atoms with E-state index in [2.05, 4.69) is 10.6 Å². The zero-order chi connectivity index (χ0) is 27.2. The van der Waals surface area contributed by atoms with Crippen LogP contribution in [0.2, 0.25) is 0 Å². The van der Waals surface area contributed by atoms with Gasteiger partial charge >= 0.3 is 0 Å². The van der Waals surface area contributed by atoms with Crippen LogP contribution in [-0.4, -0.2) is 28.3 Å². The molecule has 0 aromatic heterocycles. The van der Waals surface area contributed by atoms with Crippen LogP contribution in [0.3, 0.4) is 0 Å². The summed E-state index contributed by atoms with van der Waals surface area (Å²) in [6, 6.07) is 27.3. The first kappa shape index (κ1) is 27.0. The van der Waals surface area contributed by atoms with E-state index >= 15 is 0 Å². The quantitative estimate of drug-likeness (QED) is 0.144. The Morgan fingerprint density at radius 3 is 1.21 bits per heavy atom. The molecule has 4 rings (SSSR count). The molecule has 0 amide bonds. The molecule has 0 aliphatic rings. The lowest BCUT2D eigenvalue weighted by molar-refractivity contribution is 0.585. The topological polar surface area (TPSA) is 144 Å².